The molecule has 0 aromatic heterocycles. The van der Waals surface area contributed by atoms with Crippen LogP contribution in [0.2, 0.25) is 0 Å². The molecule has 0 N–H and O–H groups in total. The summed E-state index contributed by atoms with van der Waals surface area (Å²) >= 11 is 9.47. The van der Waals surface area contributed by atoms with Crippen molar-refractivity contribution < 1.29 is 0 Å². The quantitative estimate of drug-likeness (QED) is 0.750. The molecule has 15 heavy (non-hydrogen) atoms. The number of alkyl halides is 1. The molecular formula is C12H13BrClN. The standard InChI is InChI=1S/C12H13BrClN/c13-11-1-2-12(8(4-11)5-14)15-6-9-3-10(9)7-15/h1-2,4,9-10H,3,5-7H2. The van der Waals surface area contributed by atoms with Gasteiger partial charge in [-0.3, -0.25) is 0 Å². The zero-order valence-corrected chi connectivity index (χ0v) is 10.8. The largest absolute Gasteiger partial charge is 0.371 e. The Morgan fingerprint density at radius 3 is 2.73 bits per heavy atom. The number of fused-ring (bicyclic) bond motifs is 1. The molecule has 3 rings (SSSR count). The molecule has 2 fully saturated rings. The van der Waals surface area contributed by atoms with Crippen molar-refractivity contribution in [3.05, 3.63) is 28.2 Å². The second kappa shape index (κ2) is 3.67. The monoisotopic (exact) mass is 285 g/mol. The van der Waals surface area contributed by atoms with Gasteiger partial charge in [-0.15, -0.1) is 11.6 Å². The van der Waals surface area contributed by atoms with E-state index in [1.165, 1.54) is 30.8 Å². The maximum Gasteiger partial charge on any atom is 0.0494 e. The van der Waals surface area contributed by atoms with Gasteiger partial charge in [0.15, 0.2) is 0 Å². The van der Waals surface area contributed by atoms with Gasteiger partial charge in [-0.25, -0.2) is 0 Å². The van der Waals surface area contributed by atoms with Crippen molar-refractivity contribution in [2.24, 2.45) is 11.8 Å². The molecule has 1 saturated heterocycles. The van der Waals surface area contributed by atoms with Crippen molar-refractivity contribution in [1.82, 2.24) is 0 Å². The average Bonchev–Trinajstić information content (AvgIpc) is 2.85. The van der Waals surface area contributed by atoms with Crippen LogP contribution in [0.1, 0.15) is 12.0 Å². The first-order valence-corrected chi connectivity index (χ1v) is 6.70. The van der Waals surface area contributed by atoms with Crippen LogP contribution in [0, 0.1) is 11.8 Å². The van der Waals surface area contributed by atoms with E-state index in [0.29, 0.717) is 5.88 Å². The summed E-state index contributed by atoms with van der Waals surface area (Å²) in [5.41, 5.74) is 2.58. The molecule has 3 heteroatoms. The third-order valence-corrected chi connectivity index (χ3v) is 4.29. The summed E-state index contributed by atoms with van der Waals surface area (Å²) in [4.78, 5) is 2.49. The Labute approximate surface area is 104 Å². The topological polar surface area (TPSA) is 3.24 Å². The number of piperidine rings is 1. The van der Waals surface area contributed by atoms with E-state index in [-0.39, 0.29) is 0 Å². The van der Waals surface area contributed by atoms with Gasteiger partial charge in [-0.1, -0.05) is 15.9 Å². The molecule has 1 aromatic carbocycles. The third-order valence-electron chi connectivity index (χ3n) is 3.51. The van der Waals surface area contributed by atoms with E-state index in [1.807, 2.05) is 0 Å². The number of nitrogens with zero attached hydrogens (tertiary/aromatic N) is 1. The summed E-state index contributed by atoms with van der Waals surface area (Å²) in [6, 6.07) is 6.42. The second-order valence-corrected chi connectivity index (χ2v) is 5.75. The molecule has 80 valence electrons. The SMILES string of the molecule is ClCc1cc(Br)ccc1N1CC2CC2C1. The summed E-state index contributed by atoms with van der Waals surface area (Å²) < 4.78 is 1.12. The number of halogens is 2. The second-order valence-electron chi connectivity index (χ2n) is 4.57. The average molecular weight is 287 g/mol. The predicted molar refractivity (Wildman–Crippen MR) is 67.5 cm³/mol. The van der Waals surface area contributed by atoms with Gasteiger partial charge in [0, 0.05) is 29.1 Å². The highest BCUT2D eigenvalue weighted by atomic mass is 79.9. The molecule has 0 radical (unpaired) electrons. The summed E-state index contributed by atoms with van der Waals surface area (Å²) in [7, 11) is 0. The molecule has 1 heterocycles. The van der Waals surface area contributed by atoms with E-state index in [4.69, 9.17) is 11.6 Å². The first-order chi connectivity index (χ1) is 7.28. The number of anilines is 1. The number of hydrogen-bond acceptors (Lipinski definition) is 1. The number of hydrogen-bond donors (Lipinski definition) is 0. The minimum absolute atomic E-state index is 0.598. The van der Waals surface area contributed by atoms with Gasteiger partial charge in [-0.05, 0) is 42.0 Å². The van der Waals surface area contributed by atoms with Crippen molar-refractivity contribution in [3.63, 3.8) is 0 Å². The first-order valence-electron chi connectivity index (χ1n) is 5.37. The molecular weight excluding hydrogens is 273 g/mol. The lowest BCUT2D eigenvalue weighted by Gasteiger charge is -2.23. The highest BCUT2D eigenvalue weighted by molar-refractivity contribution is 9.10. The molecule has 1 aliphatic heterocycles. The van der Waals surface area contributed by atoms with Crippen molar-refractivity contribution in [2.45, 2.75) is 12.3 Å². The Bertz CT molecular complexity index is 383. The van der Waals surface area contributed by atoms with Crippen LogP contribution < -0.4 is 4.90 Å². The van der Waals surface area contributed by atoms with Gasteiger partial charge >= 0.3 is 0 Å². The van der Waals surface area contributed by atoms with Gasteiger partial charge in [-0.2, -0.15) is 0 Å². The van der Waals surface area contributed by atoms with E-state index >= 15 is 0 Å². The Hall–Kier alpha value is -0.210. The van der Waals surface area contributed by atoms with Gasteiger partial charge in [0.25, 0.3) is 0 Å². The van der Waals surface area contributed by atoms with Crippen molar-refractivity contribution in [1.29, 1.82) is 0 Å². The lowest BCUT2D eigenvalue weighted by molar-refractivity contribution is 0.816. The fourth-order valence-corrected chi connectivity index (χ4v) is 3.19. The molecule has 0 amide bonds. The molecule has 2 atom stereocenters. The molecule has 0 bridgehead atoms. The third kappa shape index (κ3) is 1.78. The Morgan fingerprint density at radius 1 is 1.33 bits per heavy atom. The van der Waals surface area contributed by atoms with Gasteiger partial charge in [0.05, 0.1) is 0 Å². The van der Waals surface area contributed by atoms with Gasteiger partial charge in [0.2, 0.25) is 0 Å². The van der Waals surface area contributed by atoms with Crippen LogP contribution in [0.4, 0.5) is 5.69 Å². The number of rotatable bonds is 2. The van der Waals surface area contributed by atoms with Crippen LogP contribution in [-0.4, -0.2) is 13.1 Å². The van der Waals surface area contributed by atoms with E-state index in [1.54, 1.807) is 0 Å². The molecule has 0 spiro atoms. The van der Waals surface area contributed by atoms with Gasteiger partial charge in [0.1, 0.15) is 0 Å². The van der Waals surface area contributed by atoms with Crippen molar-refractivity contribution in [2.75, 3.05) is 18.0 Å². The van der Waals surface area contributed by atoms with Crippen LogP contribution in [-0.2, 0) is 5.88 Å². The highest BCUT2D eigenvalue weighted by Gasteiger charge is 2.45. The zero-order chi connectivity index (χ0) is 10.4. The predicted octanol–water partition coefficient (Wildman–Crippen LogP) is 3.64. The fraction of sp³-hybridized carbons (Fsp3) is 0.500. The van der Waals surface area contributed by atoms with Crippen LogP contribution >= 0.6 is 27.5 Å². The first kappa shape index (κ1) is 9.98. The molecule has 1 saturated carbocycles. The minimum Gasteiger partial charge on any atom is -0.371 e. The van der Waals surface area contributed by atoms with E-state index in [9.17, 15) is 0 Å². The zero-order valence-electron chi connectivity index (χ0n) is 8.42. The lowest BCUT2D eigenvalue weighted by Crippen LogP contribution is -2.22. The molecule has 2 unspecified atom stereocenters. The fourth-order valence-electron chi connectivity index (χ4n) is 2.56. The van der Waals surface area contributed by atoms with Crippen LogP contribution in [0.5, 0.6) is 0 Å². The van der Waals surface area contributed by atoms with Crippen LogP contribution in [0.3, 0.4) is 0 Å². The molecule has 1 aromatic rings. The summed E-state index contributed by atoms with van der Waals surface area (Å²) in [6.07, 6.45) is 1.45. The van der Waals surface area contributed by atoms with Crippen molar-refractivity contribution >= 4 is 33.2 Å². The summed E-state index contributed by atoms with van der Waals surface area (Å²) in [5.74, 6) is 2.54. The summed E-state index contributed by atoms with van der Waals surface area (Å²) in [6.45, 7) is 2.46. The van der Waals surface area contributed by atoms with E-state index < -0.39 is 0 Å². The maximum absolute atomic E-state index is 5.98. The smallest absolute Gasteiger partial charge is 0.0494 e. The number of benzene rings is 1. The van der Waals surface area contributed by atoms with Gasteiger partial charge < -0.3 is 4.90 Å². The molecule has 1 nitrogen and oxygen atoms in total. The summed E-state index contributed by atoms with van der Waals surface area (Å²) in [5, 5.41) is 0. The minimum atomic E-state index is 0.598. The Kier molecular flexibility index (Phi) is 2.44. The van der Waals surface area contributed by atoms with E-state index in [2.05, 4.69) is 39.0 Å². The Balaban J connectivity index is 1.89. The van der Waals surface area contributed by atoms with E-state index in [0.717, 1.165) is 16.3 Å². The van der Waals surface area contributed by atoms with Crippen LogP contribution in [0.15, 0.2) is 22.7 Å². The molecule has 1 aliphatic carbocycles. The Morgan fingerprint density at radius 2 is 2.07 bits per heavy atom. The highest BCUT2D eigenvalue weighted by Crippen LogP contribution is 2.47. The molecule has 2 aliphatic rings. The van der Waals surface area contributed by atoms with Crippen LogP contribution in [0.25, 0.3) is 0 Å². The maximum atomic E-state index is 5.98. The lowest BCUT2D eigenvalue weighted by atomic mass is 10.2. The van der Waals surface area contributed by atoms with Crippen molar-refractivity contribution in [3.8, 4) is 0 Å². The normalized spacial score (nSPS) is 28.0.